The van der Waals surface area contributed by atoms with Crippen molar-refractivity contribution >= 4 is 23.8 Å². The molecule has 1 aliphatic rings. The molecule has 1 saturated heterocycles. The van der Waals surface area contributed by atoms with Crippen LogP contribution in [0.15, 0.2) is 54.6 Å². The molecule has 38 heavy (non-hydrogen) atoms. The van der Waals surface area contributed by atoms with Gasteiger partial charge in [0.15, 0.2) is 5.78 Å². The number of aryl methyl sites for hydroxylation is 2. The van der Waals surface area contributed by atoms with Gasteiger partial charge in [-0.05, 0) is 80.7 Å². The number of ether oxygens (including phenoxy) is 1. The predicted molar refractivity (Wildman–Crippen MR) is 136 cm³/mol. The molecule has 2 aromatic rings. The Morgan fingerprint density at radius 1 is 0.947 bits per heavy atom. The van der Waals surface area contributed by atoms with Crippen LogP contribution in [-0.4, -0.2) is 59.1 Å². The van der Waals surface area contributed by atoms with Gasteiger partial charge in [0.2, 0.25) is 0 Å². The summed E-state index contributed by atoms with van der Waals surface area (Å²) in [5, 5.41) is 15.6. The highest BCUT2D eigenvalue weighted by atomic mass is 19.4. The summed E-state index contributed by atoms with van der Waals surface area (Å²) in [7, 11) is 0. The van der Waals surface area contributed by atoms with Crippen LogP contribution in [0, 0.1) is 13.8 Å². The fraction of sp³-hybridized carbons (Fsp3) is 0.321. The number of halogens is 3. The number of carbonyl (C=O) groups is 3. The van der Waals surface area contributed by atoms with Gasteiger partial charge in [0.05, 0.1) is 5.56 Å². The standard InChI is InChI=1S/C24H26F3NO2.C4H4O4/c1-17-15-20(16-18(2)23(17)30-14-13-28-11-5-6-12-28)22(29)10-9-19-7-3-4-8-21(19)24(25,26)27;5-3(6)1-2-4(7)8/h3-4,7-10,15-16H,5-6,11-14H2,1-2H3;1-2H,(H,5,6)(H,7,8). The first-order chi connectivity index (χ1) is 17.9. The number of carbonyl (C=O) groups excluding carboxylic acids is 1. The molecule has 1 aliphatic heterocycles. The molecule has 204 valence electrons. The summed E-state index contributed by atoms with van der Waals surface area (Å²) >= 11 is 0. The van der Waals surface area contributed by atoms with Gasteiger partial charge in [0.25, 0.3) is 0 Å². The number of allylic oxidation sites excluding steroid dienone is 1. The number of alkyl halides is 3. The van der Waals surface area contributed by atoms with Crippen LogP contribution >= 0.6 is 0 Å². The zero-order chi connectivity index (χ0) is 28.3. The van der Waals surface area contributed by atoms with Gasteiger partial charge < -0.3 is 14.9 Å². The van der Waals surface area contributed by atoms with Gasteiger partial charge in [-0.25, -0.2) is 9.59 Å². The third-order valence-corrected chi connectivity index (χ3v) is 5.65. The minimum absolute atomic E-state index is 0.0336. The van der Waals surface area contributed by atoms with E-state index in [0.717, 1.165) is 42.6 Å². The second kappa shape index (κ2) is 14.1. The van der Waals surface area contributed by atoms with E-state index in [1.54, 1.807) is 12.1 Å². The summed E-state index contributed by atoms with van der Waals surface area (Å²) in [5.41, 5.74) is 1.31. The molecular weight excluding hydrogens is 503 g/mol. The zero-order valence-electron chi connectivity index (χ0n) is 21.1. The van der Waals surface area contributed by atoms with E-state index in [0.29, 0.717) is 24.3 Å². The molecule has 0 aliphatic carbocycles. The number of hydrogen-bond acceptors (Lipinski definition) is 5. The van der Waals surface area contributed by atoms with E-state index in [1.807, 2.05) is 13.8 Å². The second-order valence-electron chi connectivity index (χ2n) is 8.63. The van der Waals surface area contributed by atoms with Crippen LogP contribution in [0.3, 0.4) is 0 Å². The summed E-state index contributed by atoms with van der Waals surface area (Å²) in [6, 6.07) is 8.65. The number of benzene rings is 2. The summed E-state index contributed by atoms with van der Waals surface area (Å²) in [6.45, 7) is 7.43. The van der Waals surface area contributed by atoms with Crippen LogP contribution in [-0.2, 0) is 15.8 Å². The number of ketones is 1. The lowest BCUT2D eigenvalue weighted by molar-refractivity contribution is -0.137. The van der Waals surface area contributed by atoms with Crippen molar-refractivity contribution in [2.24, 2.45) is 0 Å². The molecule has 2 aromatic carbocycles. The monoisotopic (exact) mass is 533 g/mol. The maximum Gasteiger partial charge on any atom is 0.416 e. The highest BCUT2D eigenvalue weighted by Crippen LogP contribution is 2.32. The molecule has 1 heterocycles. The van der Waals surface area contributed by atoms with Gasteiger partial charge in [0.1, 0.15) is 12.4 Å². The average Bonchev–Trinajstić information content (AvgIpc) is 3.36. The van der Waals surface area contributed by atoms with Crippen LogP contribution in [0.2, 0.25) is 0 Å². The SMILES string of the molecule is Cc1cc(C(=O)C=Cc2ccccc2C(F)(F)F)cc(C)c1OCCN1CCCC1.O=C(O)C=CC(=O)O. The highest BCUT2D eigenvalue weighted by Gasteiger charge is 2.32. The van der Waals surface area contributed by atoms with E-state index < -0.39 is 23.7 Å². The predicted octanol–water partition coefficient (Wildman–Crippen LogP) is 5.40. The Balaban J connectivity index is 0.000000550. The molecule has 7 nitrogen and oxygen atoms in total. The van der Waals surface area contributed by atoms with Crippen LogP contribution in [0.5, 0.6) is 5.75 Å². The molecule has 0 saturated carbocycles. The summed E-state index contributed by atoms with van der Waals surface area (Å²) in [6.07, 6.45) is 1.52. The van der Waals surface area contributed by atoms with Crippen molar-refractivity contribution in [2.75, 3.05) is 26.2 Å². The Bertz CT molecular complexity index is 1160. The molecule has 0 aromatic heterocycles. The smallest absolute Gasteiger partial charge is 0.416 e. The number of rotatable bonds is 9. The van der Waals surface area contributed by atoms with Crippen molar-refractivity contribution in [2.45, 2.75) is 32.9 Å². The number of likely N-dealkylation sites (tertiary alicyclic amines) is 1. The third-order valence-electron chi connectivity index (χ3n) is 5.65. The van der Waals surface area contributed by atoms with Gasteiger partial charge in [-0.1, -0.05) is 24.3 Å². The maximum absolute atomic E-state index is 13.1. The van der Waals surface area contributed by atoms with E-state index in [2.05, 4.69) is 4.90 Å². The molecule has 3 rings (SSSR count). The van der Waals surface area contributed by atoms with E-state index in [4.69, 9.17) is 14.9 Å². The molecular formula is C28H30F3NO6. The van der Waals surface area contributed by atoms with Crippen molar-refractivity contribution in [1.29, 1.82) is 0 Å². The fourth-order valence-corrected chi connectivity index (χ4v) is 3.91. The van der Waals surface area contributed by atoms with Crippen LogP contribution < -0.4 is 4.74 Å². The second-order valence-corrected chi connectivity index (χ2v) is 8.63. The Kier molecular flexibility index (Phi) is 11.3. The number of carboxylic acids is 2. The third kappa shape index (κ3) is 9.85. The Labute approximate surface area is 218 Å². The maximum atomic E-state index is 13.1. The van der Waals surface area contributed by atoms with E-state index in [9.17, 15) is 27.6 Å². The van der Waals surface area contributed by atoms with Crippen LogP contribution in [0.1, 0.15) is 45.5 Å². The van der Waals surface area contributed by atoms with E-state index in [-0.39, 0.29) is 11.3 Å². The topological polar surface area (TPSA) is 104 Å². The fourth-order valence-electron chi connectivity index (χ4n) is 3.91. The lowest BCUT2D eigenvalue weighted by Crippen LogP contribution is -2.25. The highest BCUT2D eigenvalue weighted by molar-refractivity contribution is 6.07. The van der Waals surface area contributed by atoms with Crippen LogP contribution in [0.4, 0.5) is 13.2 Å². The first kappa shape index (κ1) is 30.3. The zero-order valence-corrected chi connectivity index (χ0v) is 21.1. The molecule has 1 fully saturated rings. The van der Waals surface area contributed by atoms with Gasteiger partial charge in [-0.2, -0.15) is 13.2 Å². The van der Waals surface area contributed by atoms with Crippen molar-refractivity contribution in [3.8, 4) is 5.75 Å². The van der Waals surface area contributed by atoms with Crippen molar-refractivity contribution in [3.63, 3.8) is 0 Å². The van der Waals surface area contributed by atoms with Crippen molar-refractivity contribution in [1.82, 2.24) is 4.90 Å². The quantitative estimate of drug-likeness (QED) is 0.328. The summed E-state index contributed by atoms with van der Waals surface area (Å²) in [5.74, 6) is -2.10. The Morgan fingerprint density at radius 3 is 2.03 bits per heavy atom. The Morgan fingerprint density at radius 2 is 1.50 bits per heavy atom. The number of aliphatic carboxylic acids is 2. The van der Waals surface area contributed by atoms with E-state index >= 15 is 0 Å². The molecule has 0 unspecified atom stereocenters. The molecule has 0 atom stereocenters. The number of hydrogen-bond donors (Lipinski definition) is 2. The van der Waals surface area contributed by atoms with Gasteiger partial charge >= 0.3 is 18.1 Å². The normalized spacial score (nSPS) is 13.9. The summed E-state index contributed by atoms with van der Waals surface area (Å²) < 4.78 is 45.3. The minimum Gasteiger partial charge on any atom is -0.492 e. The number of nitrogens with zero attached hydrogens (tertiary/aromatic N) is 1. The van der Waals surface area contributed by atoms with Crippen molar-refractivity contribution < 1.29 is 42.5 Å². The lowest BCUT2D eigenvalue weighted by Gasteiger charge is -2.17. The van der Waals surface area contributed by atoms with E-state index in [1.165, 1.54) is 43.2 Å². The average molecular weight is 534 g/mol. The molecule has 2 N–H and O–H groups in total. The van der Waals surface area contributed by atoms with Gasteiger partial charge in [-0.15, -0.1) is 0 Å². The summed E-state index contributed by atoms with van der Waals surface area (Å²) in [4.78, 5) is 34.0. The Hall–Kier alpha value is -3.92. The van der Waals surface area contributed by atoms with Crippen LogP contribution in [0.25, 0.3) is 6.08 Å². The first-order valence-electron chi connectivity index (χ1n) is 11.9. The first-order valence-corrected chi connectivity index (χ1v) is 11.9. The lowest BCUT2D eigenvalue weighted by atomic mass is 10.0. The molecule has 0 radical (unpaired) electrons. The van der Waals surface area contributed by atoms with Gasteiger partial charge in [0, 0.05) is 24.3 Å². The molecule has 0 spiro atoms. The van der Waals surface area contributed by atoms with Gasteiger partial charge in [-0.3, -0.25) is 9.69 Å². The molecule has 0 amide bonds. The number of carboxylic acid groups (broad SMARTS) is 2. The minimum atomic E-state index is -4.47. The van der Waals surface area contributed by atoms with Crippen molar-refractivity contribution in [3.05, 3.63) is 82.4 Å². The molecule has 0 bridgehead atoms. The molecule has 10 heteroatoms. The largest absolute Gasteiger partial charge is 0.492 e.